The maximum Gasteiger partial charge on any atom is 0.188 e. The van der Waals surface area contributed by atoms with Crippen molar-refractivity contribution in [2.75, 3.05) is 0 Å². The van der Waals surface area contributed by atoms with Crippen LogP contribution in [-0.2, 0) is 14.6 Å². The van der Waals surface area contributed by atoms with Gasteiger partial charge < -0.3 is 0 Å². The number of carbonyl (C=O) groups is 1. The lowest BCUT2D eigenvalue weighted by Crippen LogP contribution is -2.25. The van der Waals surface area contributed by atoms with Crippen LogP contribution in [0.4, 0.5) is 4.39 Å². The van der Waals surface area contributed by atoms with Gasteiger partial charge in [-0.25, -0.2) is 12.8 Å². The van der Waals surface area contributed by atoms with E-state index in [2.05, 4.69) is 0 Å². The number of halogens is 2. The van der Waals surface area contributed by atoms with Gasteiger partial charge in [0.05, 0.1) is 9.92 Å². The van der Waals surface area contributed by atoms with Crippen LogP contribution < -0.4 is 0 Å². The lowest BCUT2D eigenvalue weighted by molar-refractivity contribution is -0.116. The smallest absolute Gasteiger partial charge is 0.188 e. The molecule has 3 nitrogen and oxygen atoms in total. The molecule has 0 aliphatic rings. The summed E-state index contributed by atoms with van der Waals surface area (Å²) in [6.07, 6.45) is 0. The van der Waals surface area contributed by atoms with Gasteiger partial charge in [0.15, 0.2) is 9.84 Å². The van der Waals surface area contributed by atoms with Crippen LogP contribution in [0, 0.1) is 5.82 Å². The third-order valence-electron chi connectivity index (χ3n) is 2.26. The van der Waals surface area contributed by atoms with Crippen LogP contribution >= 0.6 is 11.6 Å². The van der Waals surface area contributed by atoms with Gasteiger partial charge in [0.25, 0.3) is 0 Å². The largest absolute Gasteiger partial charge is 0.299 e. The lowest BCUT2D eigenvalue weighted by atomic mass is 10.3. The highest BCUT2D eigenvalue weighted by atomic mass is 35.5. The van der Waals surface area contributed by atoms with Gasteiger partial charge >= 0.3 is 0 Å². The Morgan fingerprint density at radius 2 is 2.00 bits per heavy atom. The number of rotatable bonds is 3. The van der Waals surface area contributed by atoms with Crippen molar-refractivity contribution in [3.05, 3.63) is 29.0 Å². The van der Waals surface area contributed by atoms with E-state index in [1.54, 1.807) is 0 Å². The maximum absolute atomic E-state index is 12.9. The van der Waals surface area contributed by atoms with Gasteiger partial charge in [-0.1, -0.05) is 11.6 Å². The number of hydrogen-bond acceptors (Lipinski definition) is 3. The molecule has 0 saturated carbocycles. The van der Waals surface area contributed by atoms with Crippen LogP contribution in [-0.4, -0.2) is 19.5 Å². The molecular formula is C10H10ClFO3S. The summed E-state index contributed by atoms with van der Waals surface area (Å²) < 4.78 is 36.5. The zero-order valence-electron chi connectivity index (χ0n) is 8.70. The number of sulfone groups is 1. The molecule has 0 aliphatic carbocycles. The maximum atomic E-state index is 12.9. The van der Waals surface area contributed by atoms with Crippen molar-refractivity contribution in [1.82, 2.24) is 0 Å². The molecule has 88 valence electrons. The second-order valence-corrected chi connectivity index (χ2v) is 6.05. The minimum atomic E-state index is -3.78. The topological polar surface area (TPSA) is 51.2 Å². The molecule has 0 N–H and O–H groups in total. The summed E-state index contributed by atoms with van der Waals surface area (Å²) in [7, 11) is -3.78. The van der Waals surface area contributed by atoms with Crippen LogP contribution in [0.2, 0.25) is 5.02 Å². The molecule has 0 saturated heterocycles. The first-order valence-corrected chi connectivity index (χ1v) is 6.38. The number of benzene rings is 1. The summed E-state index contributed by atoms with van der Waals surface area (Å²) in [5.41, 5.74) is 0. The third-order valence-corrected chi connectivity index (χ3v) is 4.72. The van der Waals surface area contributed by atoms with Crippen LogP contribution in [0.1, 0.15) is 13.8 Å². The van der Waals surface area contributed by atoms with Gasteiger partial charge in [-0.05, 0) is 32.0 Å². The highest BCUT2D eigenvalue weighted by Crippen LogP contribution is 2.22. The molecule has 1 rings (SSSR count). The highest BCUT2D eigenvalue weighted by Gasteiger charge is 2.27. The first kappa shape index (κ1) is 13.1. The Labute approximate surface area is 98.1 Å². The van der Waals surface area contributed by atoms with Crippen molar-refractivity contribution >= 4 is 27.2 Å². The van der Waals surface area contributed by atoms with Crippen molar-refractivity contribution in [2.24, 2.45) is 0 Å². The second kappa shape index (κ2) is 4.51. The van der Waals surface area contributed by atoms with Crippen molar-refractivity contribution in [3.63, 3.8) is 0 Å². The summed E-state index contributed by atoms with van der Waals surface area (Å²) in [5, 5.41) is -1.44. The summed E-state index contributed by atoms with van der Waals surface area (Å²) in [4.78, 5) is 10.9. The first-order valence-electron chi connectivity index (χ1n) is 4.46. The van der Waals surface area contributed by atoms with Gasteiger partial charge in [0.1, 0.15) is 16.9 Å². The number of hydrogen-bond donors (Lipinski definition) is 0. The Morgan fingerprint density at radius 3 is 2.44 bits per heavy atom. The van der Waals surface area contributed by atoms with E-state index in [4.69, 9.17) is 11.6 Å². The van der Waals surface area contributed by atoms with E-state index in [1.165, 1.54) is 13.8 Å². The molecule has 0 aliphatic heterocycles. The van der Waals surface area contributed by atoms with Gasteiger partial charge in [-0.2, -0.15) is 0 Å². The molecule has 0 amide bonds. The zero-order valence-corrected chi connectivity index (χ0v) is 10.3. The van der Waals surface area contributed by atoms with E-state index in [1.807, 2.05) is 0 Å². The van der Waals surface area contributed by atoms with Gasteiger partial charge in [0, 0.05) is 0 Å². The van der Waals surface area contributed by atoms with Gasteiger partial charge in [-0.15, -0.1) is 0 Å². The Balaban J connectivity index is 3.28. The lowest BCUT2D eigenvalue weighted by Gasteiger charge is -2.09. The number of carbonyl (C=O) groups excluding carboxylic acids is 1. The minimum Gasteiger partial charge on any atom is -0.299 e. The molecule has 0 radical (unpaired) electrons. The van der Waals surface area contributed by atoms with Gasteiger partial charge in [0.2, 0.25) is 0 Å². The van der Waals surface area contributed by atoms with Crippen molar-refractivity contribution < 1.29 is 17.6 Å². The van der Waals surface area contributed by atoms with E-state index in [-0.39, 0.29) is 9.92 Å². The first-order chi connectivity index (χ1) is 7.26. The fourth-order valence-corrected chi connectivity index (χ4v) is 2.71. The second-order valence-electron chi connectivity index (χ2n) is 3.37. The van der Waals surface area contributed by atoms with Crippen molar-refractivity contribution in [1.29, 1.82) is 0 Å². The molecule has 6 heteroatoms. The molecule has 1 aromatic carbocycles. The monoisotopic (exact) mass is 264 g/mol. The minimum absolute atomic E-state index is 0.151. The number of Topliss-reactive ketones (excluding diaryl/α,β-unsaturated/α-hetero) is 1. The van der Waals surface area contributed by atoms with Crippen molar-refractivity contribution in [3.8, 4) is 0 Å². The predicted molar refractivity (Wildman–Crippen MR) is 58.7 cm³/mol. The van der Waals surface area contributed by atoms with Crippen LogP contribution in [0.15, 0.2) is 23.1 Å². The highest BCUT2D eigenvalue weighted by molar-refractivity contribution is 7.92. The molecule has 0 spiro atoms. The quantitative estimate of drug-likeness (QED) is 0.787. The molecule has 16 heavy (non-hydrogen) atoms. The number of ketones is 1. The standard InChI is InChI=1S/C10H10ClFO3S/c1-6(13)7(2)16(14,15)8-3-4-10(12)9(11)5-8/h3-5,7H,1-2H3. The summed E-state index contributed by atoms with van der Waals surface area (Å²) in [5.74, 6) is -1.17. The fourth-order valence-electron chi connectivity index (χ4n) is 1.08. The van der Waals surface area contributed by atoms with E-state index >= 15 is 0 Å². The fraction of sp³-hybridized carbons (Fsp3) is 0.300. The molecule has 0 aromatic heterocycles. The average molecular weight is 265 g/mol. The summed E-state index contributed by atoms with van der Waals surface area (Å²) in [6.45, 7) is 2.47. The van der Waals surface area contributed by atoms with Crippen LogP contribution in [0.25, 0.3) is 0 Å². The normalized spacial score (nSPS) is 13.5. The van der Waals surface area contributed by atoms with E-state index < -0.39 is 26.7 Å². The summed E-state index contributed by atoms with van der Waals surface area (Å²) in [6, 6.07) is 3.06. The molecule has 0 fully saturated rings. The zero-order chi connectivity index (χ0) is 12.5. The van der Waals surface area contributed by atoms with Crippen LogP contribution in [0.5, 0.6) is 0 Å². The van der Waals surface area contributed by atoms with Crippen molar-refractivity contribution in [2.45, 2.75) is 24.0 Å². The molecule has 1 atom stereocenters. The summed E-state index contributed by atoms with van der Waals surface area (Å²) >= 11 is 5.48. The molecular weight excluding hydrogens is 255 g/mol. The molecule has 1 unspecified atom stereocenters. The third kappa shape index (κ3) is 2.41. The SMILES string of the molecule is CC(=O)C(C)S(=O)(=O)c1ccc(F)c(Cl)c1. The van der Waals surface area contributed by atoms with E-state index in [0.717, 1.165) is 18.2 Å². The molecule has 1 aromatic rings. The molecule has 0 bridgehead atoms. The van der Waals surface area contributed by atoms with Crippen LogP contribution in [0.3, 0.4) is 0 Å². The predicted octanol–water partition coefficient (Wildman–Crippen LogP) is 2.23. The Morgan fingerprint density at radius 1 is 1.44 bits per heavy atom. The van der Waals surface area contributed by atoms with Gasteiger partial charge in [-0.3, -0.25) is 4.79 Å². The van der Waals surface area contributed by atoms with E-state index in [0.29, 0.717) is 0 Å². The Bertz CT molecular complexity index is 525. The Kier molecular flexibility index (Phi) is 3.70. The average Bonchev–Trinajstić information content (AvgIpc) is 2.20. The van der Waals surface area contributed by atoms with E-state index in [9.17, 15) is 17.6 Å². The Hall–Kier alpha value is -0.940. The molecule has 0 heterocycles.